The van der Waals surface area contributed by atoms with Crippen LogP contribution in [0.4, 0.5) is 17.6 Å². The van der Waals surface area contributed by atoms with Gasteiger partial charge in [0.2, 0.25) is 5.82 Å². The van der Waals surface area contributed by atoms with E-state index < -0.39 is 11.8 Å². The summed E-state index contributed by atoms with van der Waals surface area (Å²) >= 11 is 0. The van der Waals surface area contributed by atoms with E-state index in [0.29, 0.717) is 211 Å². The minimum absolute atomic E-state index is 0. The molecule has 0 amide bonds. The molecule has 0 unspecified atom stereocenters. The lowest BCUT2D eigenvalue weighted by Crippen LogP contribution is -2.14. The van der Waals surface area contributed by atoms with Crippen LogP contribution in [0.15, 0.2) is 146 Å². The first-order valence-electron chi connectivity index (χ1n) is 35.7. The number of aliphatic hydroxyl groups excluding tert-OH is 4. The predicted octanol–water partition coefficient (Wildman–Crippen LogP) is 5.54. The van der Waals surface area contributed by atoms with Crippen molar-refractivity contribution in [1.29, 1.82) is 0 Å². The molecule has 0 atom stereocenters. The highest BCUT2D eigenvalue weighted by atomic mass is 19.1. The summed E-state index contributed by atoms with van der Waals surface area (Å²) in [6.07, 6.45) is 1.24. The second-order valence-corrected chi connectivity index (χ2v) is 21.8. The van der Waals surface area contributed by atoms with Crippen molar-refractivity contribution in [2.24, 2.45) is 0 Å². The van der Waals surface area contributed by atoms with Gasteiger partial charge >= 0.3 is 5.97 Å². The van der Waals surface area contributed by atoms with Crippen LogP contribution in [-0.2, 0) is 75.8 Å². The van der Waals surface area contributed by atoms with Crippen molar-refractivity contribution in [3.63, 3.8) is 0 Å². The van der Waals surface area contributed by atoms with Crippen molar-refractivity contribution in [3.8, 4) is 57.2 Å². The lowest BCUT2D eigenvalue weighted by molar-refractivity contribution is -0.0151. The summed E-state index contributed by atoms with van der Waals surface area (Å²) in [6.45, 7) is 17.0. The Bertz CT molecular complexity index is 3610. The van der Waals surface area contributed by atoms with E-state index in [1.165, 1.54) is 30.6 Å². The fourth-order valence-corrected chi connectivity index (χ4v) is 8.01. The third-order valence-electron chi connectivity index (χ3n) is 13.3. The molecule has 40 heteroatoms. The zero-order chi connectivity index (χ0) is 81.7. The maximum Gasteiger partial charge on any atom is 0.338 e. The van der Waals surface area contributed by atoms with Crippen molar-refractivity contribution >= 4 is 5.97 Å². The molecule has 650 valence electrons. The van der Waals surface area contributed by atoms with Gasteiger partial charge in [0.1, 0.15) is 29.9 Å². The van der Waals surface area contributed by atoms with Gasteiger partial charge in [-0.15, -0.1) is 0 Å². The third kappa shape index (κ3) is 51.1. The number of nitrogens with zero attached hydrogens (tertiary/aromatic N) is 8. The molecule has 0 bridgehead atoms. The number of carbonyl (C=O) groups excluding carboxylic acids is 1. The average Bonchev–Trinajstić information content (AvgIpc) is 1.65. The molecule has 9 aromatic rings. The molecule has 36 nitrogen and oxygen atoms in total. The van der Waals surface area contributed by atoms with Crippen LogP contribution in [0.3, 0.4) is 0 Å². The maximum atomic E-state index is 13.9. The van der Waals surface area contributed by atoms with E-state index in [0.717, 1.165) is 0 Å². The topological polar surface area (TPSA) is 496 Å². The highest BCUT2D eigenvalue weighted by molar-refractivity contribution is 5.90. The number of esters is 1. The van der Waals surface area contributed by atoms with Gasteiger partial charge in [-0.1, -0.05) is 81.3 Å². The van der Waals surface area contributed by atoms with E-state index in [-0.39, 0.29) is 108 Å². The van der Waals surface area contributed by atoms with Crippen LogP contribution in [-0.4, -0.2) is 316 Å². The van der Waals surface area contributed by atoms with Crippen LogP contribution in [0.25, 0.3) is 57.2 Å². The SMILES string of the molecule is COCCOCCOCCO.COCCOCCOCCOC(=O)c1cccc(-c2noc(-c3ccccc3F)n2)c1.COCCOCCOCCOCCO.Cc1noc(-c2ccccc2F)n1.Cc1noc(-c2ccccc2F)n1.Fc1ccccc1-c1ncno1.O.O.O.OCCOCCOCCOCCOCCOCCO. The Kier molecular flexibility index (Phi) is 67.9. The molecule has 0 radical (unpaired) electrons. The highest BCUT2D eigenvalue weighted by Gasteiger charge is 2.17. The van der Waals surface area contributed by atoms with Crippen LogP contribution >= 0.6 is 0 Å². The molecule has 10 N–H and O–H groups in total. The van der Waals surface area contributed by atoms with E-state index in [4.69, 9.17) is 114 Å². The minimum atomic E-state index is -0.500. The number of aliphatic hydroxyl groups is 4. The molecule has 0 aliphatic rings. The molecular weight excluding hydrogens is 1550 g/mol. The number of benzene rings is 5. The van der Waals surface area contributed by atoms with Crippen molar-refractivity contribution in [1.82, 2.24) is 40.6 Å². The summed E-state index contributed by atoms with van der Waals surface area (Å²) < 4.78 is 154. The Balaban J connectivity index is 0.00000137. The summed E-state index contributed by atoms with van der Waals surface area (Å²) in [4.78, 5) is 28.1. The second-order valence-electron chi connectivity index (χ2n) is 21.8. The van der Waals surface area contributed by atoms with Crippen molar-refractivity contribution < 1.29 is 153 Å². The van der Waals surface area contributed by atoms with Gasteiger partial charge in [0.25, 0.3) is 23.6 Å². The fourth-order valence-electron chi connectivity index (χ4n) is 8.01. The molecule has 4 heterocycles. The van der Waals surface area contributed by atoms with E-state index >= 15 is 0 Å². The monoisotopic (exact) mass is 1660 g/mol. The lowest BCUT2D eigenvalue weighted by Gasteiger charge is -2.07. The molecule has 4 aromatic heterocycles. The molecular formula is C76H110F4N8O28. The number of methoxy groups -OCH3 is 3. The maximum absolute atomic E-state index is 13.9. The number of aryl methyl sites for hydroxylation is 2. The van der Waals surface area contributed by atoms with Gasteiger partial charge in [0, 0.05) is 26.9 Å². The molecule has 0 fully saturated rings. The van der Waals surface area contributed by atoms with E-state index in [2.05, 4.69) is 40.6 Å². The number of halogens is 4. The van der Waals surface area contributed by atoms with Crippen LogP contribution in [0, 0.1) is 37.1 Å². The largest absolute Gasteiger partial charge is 0.460 e. The zero-order valence-electron chi connectivity index (χ0n) is 65.7. The number of aromatic nitrogens is 8. The van der Waals surface area contributed by atoms with Crippen molar-refractivity contribution in [2.45, 2.75) is 13.8 Å². The standard InChI is InChI=1S/C22H23FN2O6.C12H26O7.2C9H7FN2O.C9H20O5.C8H5FN2O.C7H16O4.3H2O/c1-27-9-10-28-11-12-29-13-14-30-22(26)17-6-4-5-16(15-17)20-24-21(31-25-20)18-7-2-3-8-19(18)23;13-1-3-15-5-7-17-9-11-19-12-10-18-8-6-16-4-2-14;2*1-6-11-9(13-12-6)7-4-2-3-5-8(7)10;1-11-4-5-13-8-9-14-7-6-12-3-2-10;9-7-4-2-1-3-6(7)8-10-5-11-12-8;1-9-4-5-11-7-6-10-3-2-8;;;/h2-8,15H,9-14H2,1H3;13-14H,1-12H2;2*2-5H,1H3;10H,2-9H2,1H3;1-5H;8H,2-7H2,1H3;3*1H2. The lowest BCUT2D eigenvalue weighted by atomic mass is 10.1. The summed E-state index contributed by atoms with van der Waals surface area (Å²) in [5.74, 6) is -0.0950. The first kappa shape index (κ1) is 107. The first-order valence-corrected chi connectivity index (χ1v) is 35.7. The zero-order valence-corrected chi connectivity index (χ0v) is 65.7. The molecule has 0 aliphatic carbocycles. The van der Waals surface area contributed by atoms with Crippen LogP contribution in [0.1, 0.15) is 22.0 Å². The molecule has 116 heavy (non-hydrogen) atoms. The Morgan fingerprint density at radius 2 is 0.621 bits per heavy atom. The molecule has 0 saturated heterocycles. The molecule has 5 aromatic carbocycles. The normalized spacial score (nSPS) is 10.4. The average molecular weight is 1660 g/mol. The van der Waals surface area contributed by atoms with Gasteiger partial charge in [-0.05, 0) is 74.5 Å². The number of ether oxygens (including phenoxy) is 16. The quantitative estimate of drug-likeness (QED) is 0.0207. The Hall–Kier alpha value is -9.03. The van der Waals surface area contributed by atoms with Gasteiger partial charge in [-0.25, -0.2) is 22.4 Å². The molecule has 9 rings (SSSR count). The van der Waals surface area contributed by atoms with E-state index in [1.54, 1.807) is 132 Å². The molecule has 0 saturated carbocycles. The number of hydrogen-bond donors (Lipinski definition) is 4. The second kappa shape index (κ2) is 73.6. The number of hydrogen-bond acceptors (Lipinski definition) is 33. The molecule has 0 spiro atoms. The number of rotatable bonds is 50. The third-order valence-corrected chi connectivity index (χ3v) is 13.3. The van der Waals surface area contributed by atoms with Crippen molar-refractivity contribution in [3.05, 3.63) is 168 Å². The van der Waals surface area contributed by atoms with Crippen LogP contribution < -0.4 is 0 Å². The van der Waals surface area contributed by atoms with Crippen LogP contribution in [0.2, 0.25) is 0 Å². The summed E-state index contributed by atoms with van der Waals surface area (Å²) in [6, 6.07) is 31.6. The summed E-state index contributed by atoms with van der Waals surface area (Å²) in [7, 11) is 4.87. The number of carbonyl (C=O) groups is 1. The van der Waals surface area contributed by atoms with Gasteiger partial charge in [0.05, 0.1) is 233 Å². The highest BCUT2D eigenvalue weighted by Crippen LogP contribution is 2.26. The van der Waals surface area contributed by atoms with Crippen LogP contribution in [0.5, 0.6) is 0 Å². The van der Waals surface area contributed by atoms with E-state index in [1.807, 2.05) is 0 Å². The minimum Gasteiger partial charge on any atom is -0.460 e. The van der Waals surface area contributed by atoms with Gasteiger partial charge in [-0.3, -0.25) is 0 Å². The van der Waals surface area contributed by atoms with Gasteiger partial charge in [0.15, 0.2) is 18.0 Å². The fraction of sp³-hybridized carbons (Fsp3) is 0.487. The smallest absolute Gasteiger partial charge is 0.338 e. The summed E-state index contributed by atoms with van der Waals surface area (Å²) in [5.41, 5.74) is 2.09. The Morgan fingerprint density at radius 1 is 0.336 bits per heavy atom. The Labute approximate surface area is 669 Å². The van der Waals surface area contributed by atoms with E-state index in [9.17, 15) is 22.4 Å². The first-order chi connectivity index (χ1) is 55.3. The Morgan fingerprint density at radius 3 is 0.905 bits per heavy atom. The molecule has 0 aliphatic heterocycles. The van der Waals surface area contributed by atoms with Gasteiger partial charge in [-0.2, -0.15) is 19.9 Å². The van der Waals surface area contributed by atoms with Gasteiger partial charge < -0.3 is 131 Å². The van der Waals surface area contributed by atoms with Crippen molar-refractivity contribution in [2.75, 3.05) is 233 Å². The summed E-state index contributed by atoms with van der Waals surface area (Å²) in [5, 5.41) is 48.1. The predicted molar refractivity (Wildman–Crippen MR) is 409 cm³/mol.